The molecule has 8 nitrogen and oxygen atoms in total. The van der Waals surface area contributed by atoms with Crippen LogP contribution in [0.1, 0.15) is 22.3 Å². The van der Waals surface area contributed by atoms with E-state index in [0.717, 1.165) is 56.8 Å². The van der Waals surface area contributed by atoms with Crippen LogP contribution in [0.2, 0.25) is 0 Å². The maximum absolute atomic E-state index is 12.5. The summed E-state index contributed by atoms with van der Waals surface area (Å²) in [6.45, 7) is 6.17. The Morgan fingerprint density at radius 3 is 2.47 bits per heavy atom. The van der Waals surface area contributed by atoms with Gasteiger partial charge in [0.25, 0.3) is 5.91 Å². The Labute approximate surface area is 224 Å². The van der Waals surface area contributed by atoms with Crippen molar-refractivity contribution in [2.45, 2.75) is 19.5 Å². The zero-order valence-electron chi connectivity index (χ0n) is 21.8. The summed E-state index contributed by atoms with van der Waals surface area (Å²) < 4.78 is 5.41. The Kier molecular flexibility index (Phi) is 8.21. The molecule has 2 N–H and O–H groups in total. The third kappa shape index (κ3) is 6.33. The number of para-hydroxylation sites is 1. The molecule has 2 aliphatic heterocycles. The quantitative estimate of drug-likeness (QED) is 0.356. The van der Waals surface area contributed by atoms with Crippen molar-refractivity contribution in [2.24, 2.45) is 5.10 Å². The molecule has 1 saturated heterocycles. The number of anilines is 1. The second-order valence-electron chi connectivity index (χ2n) is 9.85. The van der Waals surface area contributed by atoms with Gasteiger partial charge in [-0.2, -0.15) is 5.10 Å². The summed E-state index contributed by atoms with van der Waals surface area (Å²) in [4.78, 5) is 19.3. The normalized spacial score (nSPS) is 16.4. The van der Waals surface area contributed by atoms with E-state index in [1.165, 1.54) is 23.9 Å². The largest absolute Gasteiger partial charge is 0.504 e. The van der Waals surface area contributed by atoms with Crippen LogP contribution >= 0.6 is 0 Å². The summed E-state index contributed by atoms with van der Waals surface area (Å²) >= 11 is 0. The molecule has 0 aromatic heterocycles. The summed E-state index contributed by atoms with van der Waals surface area (Å²) in [5, 5.41) is 14.9. The molecule has 38 heavy (non-hydrogen) atoms. The van der Waals surface area contributed by atoms with Crippen LogP contribution in [0, 0.1) is 0 Å². The first-order valence-corrected chi connectivity index (χ1v) is 13.1. The van der Waals surface area contributed by atoms with Gasteiger partial charge in [0.05, 0.1) is 19.9 Å². The van der Waals surface area contributed by atoms with Crippen molar-refractivity contribution in [1.29, 1.82) is 0 Å². The first-order valence-electron chi connectivity index (χ1n) is 13.1. The van der Waals surface area contributed by atoms with Crippen LogP contribution in [-0.4, -0.2) is 73.4 Å². The van der Waals surface area contributed by atoms with Crippen molar-refractivity contribution in [3.8, 4) is 11.5 Å². The second kappa shape index (κ2) is 12.1. The number of hydrazone groups is 1. The van der Waals surface area contributed by atoms with E-state index in [2.05, 4.69) is 67.7 Å². The summed E-state index contributed by atoms with van der Waals surface area (Å²) in [6, 6.07) is 22.4. The highest BCUT2D eigenvalue weighted by Crippen LogP contribution is 2.32. The molecule has 0 saturated carbocycles. The molecular weight excluding hydrogens is 478 g/mol. The van der Waals surface area contributed by atoms with Crippen LogP contribution in [0.5, 0.6) is 11.5 Å². The van der Waals surface area contributed by atoms with E-state index in [4.69, 9.17) is 4.74 Å². The van der Waals surface area contributed by atoms with Crippen molar-refractivity contribution in [3.63, 3.8) is 0 Å². The number of ether oxygens (including phenoxy) is 1. The van der Waals surface area contributed by atoms with Crippen molar-refractivity contribution in [1.82, 2.24) is 15.2 Å². The van der Waals surface area contributed by atoms with E-state index >= 15 is 0 Å². The number of carbonyl (C=O) groups is 1. The summed E-state index contributed by atoms with van der Waals surface area (Å²) in [5.74, 6) is 0.387. The number of carbonyl (C=O) groups excluding carboxylic acids is 1. The number of nitrogens with zero attached hydrogens (tertiary/aromatic N) is 4. The molecule has 2 aliphatic rings. The van der Waals surface area contributed by atoms with Gasteiger partial charge in [0.1, 0.15) is 0 Å². The molecule has 0 aliphatic carbocycles. The molecule has 0 bridgehead atoms. The van der Waals surface area contributed by atoms with Crippen molar-refractivity contribution in [2.75, 3.05) is 51.3 Å². The lowest BCUT2D eigenvalue weighted by atomic mass is 10.00. The lowest BCUT2D eigenvalue weighted by molar-refractivity contribution is -0.122. The minimum atomic E-state index is -0.150. The van der Waals surface area contributed by atoms with E-state index in [1.54, 1.807) is 12.3 Å². The number of fused-ring (bicyclic) bond motifs is 1. The second-order valence-corrected chi connectivity index (χ2v) is 9.85. The van der Waals surface area contributed by atoms with Crippen LogP contribution in [-0.2, 0) is 24.3 Å². The van der Waals surface area contributed by atoms with Crippen LogP contribution in [0.25, 0.3) is 0 Å². The molecule has 0 radical (unpaired) electrons. The number of piperazine rings is 1. The van der Waals surface area contributed by atoms with Crippen molar-refractivity contribution < 1.29 is 14.6 Å². The number of hydrogen-bond acceptors (Lipinski definition) is 7. The maximum atomic E-state index is 12.5. The Bertz CT molecular complexity index is 1270. The molecule has 8 heteroatoms. The molecule has 0 atom stereocenters. The van der Waals surface area contributed by atoms with Gasteiger partial charge >= 0.3 is 0 Å². The maximum Gasteiger partial charge on any atom is 0.254 e. The summed E-state index contributed by atoms with van der Waals surface area (Å²) in [5.41, 5.74) is 8.05. The lowest BCUT2D eigenvalue weighted by Crippen LogP contribution is -2.45. The zero-order valence-corrected chi connectivity index (χ0v) is 21.8. The molecule has 5 rings (SSSR count). The smallest absolute Gasteiger partial charge is 0.254 e. The summed E-state index contributed by atoms with van der Waals surface area (Å²) in [7, 11) is 1.54. The molecule has 2 heterocycles. The number of aromatic hydroxyl groups is 1. The van der Waals surface area contributed by atoms with Gasteiger partial charge in [-0.3, -0.25) is 14.6 Å². The molecule has 0 spiro atoms. The third-order valence-corrected chi connectivity index (χ3v) is 7.26. The van der Waals surface area contributed by atoms with Gasteiger partial charge in [0, 0.05) is 57.1 Å². The predicted octanol–water partition coefficient (Wildman–Crippen LogP) is 3.23. The number of methoxy groups -OCH3 is 1. The number of amides is 1. The molecule has 3 aromatic carbocycles. The molecule has 0 unspecified atom stereocenters. The fourth-order valence-corrected chi connectivity index (χ4v) is 5.19. The van der Waals surface area contributed by atoms with Crippen LogP contribution in [0.3, 0.4) is 0 Å². The van der Waals surface area contributed by atoms with E-state index < -0.39 is 0 Å². The van der Waals surface area contributed by atoms with Gasteiger partial charge in [0.15, 0.2) is 11.5 Å². The third-order valence-electron chi connectivity index (χ3n) is 7.26. The predicted molar refractivity (Wildman–Crippen MR) is 150 cm³/mol. The minimum absolute atomic E-state index is 0.143. The van der Waals surface area contributed by atoms with Gasteiger partial charge < -0.3 is 14.7 Å². The van der Waals surface area contributed by atoms with Crippen molar-refractivity contribution >= 4 is 17.8 Å². The van der Waals surface area contributed by atoms with E-state index in [-0.39, 0.29) is 11.7 Å². The SMILES string of the molecule is COc1cc(C=NNC(=O)CN2CCc3ccccc3C2)cc(CN2CCN(c3ccccc3)CC2)c1O. The van der Waals surface area contributed by atoms with Gasteiger partial charge in [-0.15, -0.1) is 0 Å². The van der Waals surface area contributed by atoms with Gasteiger partial charge in [-0.1, -0.05) is 42.5 Å². The van der Waals surface area contributed by atoms with Crippen LogP contribution < -0.4 is 15.1 Å². The lowest BCUT2D eigenvalue weighted by Gasteiger charge is -2.36. The zero-order chi connectivity index (χ0) is 26.3. The summed E-state index contributed by atoms with van der Waals surface area (Å²) in [6.07, 6.45) is 2.55. The Morgan fingerprint density at radius 2 is 1.71 bits per heavy atom. The molecule has 1 fully saturated rings. The monoisotopic (exact) mass is 513 g/mol. The topological polar surface area (TPSA) is 80.6 Å². The van der Waals surface area contributed by atoms with Crippen LogP contribution in [0.4, 0.5) is 5.69 Å². The fraction of sp³-hybridized carbons (Fsp3) is 0.333. The number of rotatable bonds is 8. The minimum Gasteiger partial charge on any atom is -0.504 e. The van der Waals surface area contributed by atoms with Crippen LogP contribution in [0.15, 0.2) is 71.8 Å². The Balaban J connectivity index is 1.16. The fourth-order valence-electron chi connectivity index (χ4n) is 5.19. The highest BCUT2D eigenvalue weighted by atomic mass is 16.5. The number of phenolic OH excluding ortho intramolecular Hbond substituents is 1. The number of hydrogen-bond donors (Lipinski definition) is 2. The number of benzene rings is 3. The van der Waals surface area contributed by atoms with E-state index in [0.29, 0.717) is 18.8 Å². The molecule has 3 aromatic rings. The first kappa shape index (κ1) is 25.8. The average molecular weight is 514 g/mol. The Hall–Kier alpha value is -3.88. The molecule has 198 valence electrons. The molecule has 1 amide bonds. The van der Waals surface area contributed by atoms with Crippen molar-refractivity contribution in [3.05, 3.63) is 89.0 Å². The number of nitrogens with one attached hydrogen (secondary N) is 1. The van der Waals surface area contributed by atoms with Gasteiger partial charge in [0.2, 0.25) is 0 Å². The Morgan fingerprint density at radius 1 is 0.974 bits per heavy atom. The first-order chi connectivity index (χ1) is 18.6. The average Bonchev–Trinajstić information content (AvgIpc) is 2.95. The van der Waals surface area contributed by atoms with Gasteiger partial charge in [-0.05, 0) is 47.4 Å². The number of phenols is 1. The molecular formula is C30H35N5O3. The van der Waals surface area contributed by atoms with E-state index in [1.807, 2.05) is 18.2 Å². The highest BCUT2D eigenvalue weighted by Gasteiger charge is 2.20. The highest BCUT2D eigenvalue weighted by molar-refractivity contribution is 5.84. The van der Waals surface area contributed by atoms with Gasteiger partial charge in [-0.25, -0.2) is 5.43 Å². The standard InChI is InChI=1S/C30H35N5O3/c1-38-28-18-23(19-31-32-29(36)22-34-12-11-24-7-5-6-8-25(24)20-34)17-26(30(28)37)21-33-13-15-35(16-14-33)27-9-3-2-4-10-27/h2-10,17-19,37H,11-16,20-22H2,1H3,(H,32,36). The van der Waals surface area contributed by atoms with E-state index in [9.17, 15) is 9.90 Å².